The van der Waals surface area contributed by atoms with Gasteiger partial charge in [0.2, 0.25) is 0 Å². The number of carbonyl (C=O) groups is 1. The Morgan fingerprint density at radius 2 is 2.08 bits per heavy atom. The molecule has 1 aliphatic rings. The number of alkyl halides is 3. The van der Waals surface area contributed by atoms with E-state index in [9.17, 15) is 22.4 Å². The van der Waals surface area contributed by atoms with Crippen LogP contribution >= 0.6 is 0 Å². The maximum absolute atomic E-state index is 14.0. The summed E-state index contributed by atoms with van der Waals surface area (Å²) in [6.07, 6.45) is -4.53. The third-order valence-electron chi connectivity index (χ3n) is 4.04. The molecule has 6 nitrogen and oxygen atoms in total. The van der Waals surface area contributed by atoms with Crippen molar-refractivity contribution >= 4 is 5.91 Å². The van der Waals surface area contributed by atoms with Gasteiger partial charge in [-0.05, 0) is 12.1 Å². The molecule has 2 heterocycles. The Morgan fingerprint density at radius 3 is 2.73 bits per heavy atom. The van der Waals surface area contributed by atoms with E-state index in [0.29, 0.717) is 4.68 Å². The molecule has 1 aromatic heterocycles. The van der Waals surface area contributed by atoms with E-state index in [1.807, 2.05) is 0 Å². The van der Waals surface area contributed by atoms with Gasteiger partial charge >= 0.3 is 6.18 Å². The minimum absolute atomic E-state index is 0.0809. The Balaban J connectivity index is 2.03. The summed E-state index contributed by atoms with van der Waals surface area (Å²) in [5.41, 5.74) is 3.15. The van der Waals surface area contributed by atoms with E-state index < -0.39 is 35.3 Å². The smallest absolute Gasteiger partial charge is 0.373 e. The van der Waals surface area contributed by atoms with Gasteiger partial charge in [0.1, 0.15) is 11.5 Å². The highest BCUT2D eigenvalue weighted by Gasteiger charge is 2.42. The first-order valence-electron chi connectivity index (χ1n) is 7.84. The number of hydrogen-bond acceptors (Lipinski definition) is 4. The average molecular weight is 372 g/mol. The molecule has 0 saturated carbocycles. The number of ether oxygens (including phenoxy) is 1. The fourth-order valence-electron chi connectivity index (χ4n) is 2.80. The van der Waals surface area contributed by atoms with E-state index >= 15 is 0 Å². The fourth-order valence-corrected chi connectivity index (χ4v) is 2.80. The van der Waals surface area contributed by atoms with Gasteiger partial charge in [-0.2, -0.15) is 18.3 Å². The summed E-state index contributed by atoms with van der Waals surface area (Å²) in [5, 5.41) is 3.62. The van der Waals surface area contributed by atoms with E-state index in [4.69, 9.17) is 10.5 Å². The van der Waals surface area contributed by atoms with Crippen LogP contribution in [0.25, 0.3) is 5.69 Å². The van der Waals surface area contributed by atoms with E-state index in [1.54, 1.807) is 0 Å². The van der Waals surface area contributed by atoms with Crippen molar-refractivity contribution in [2.24, 2.45) is 5.73 Å². The largest absolute Gasteiger partial charge is 0.434 e. The van der Waals surface area contributed by atoms with Gasteiger partial charge in [0, 0.05) is 19.6 Å². The molecule has 1 atom stereocenters. The molecular weight excluding hydrogens is 356 g/mol. The second-order valence-corrected chi connectivity index (χ2v) is 5.75. The van der Waals surface area contributed by atoms with Crippen molar-refractivity contribution in [3.05, 3.63) is 47.5 Å². The van der Waals surface area contributed by atoms with Crippen molar-refractivity contribution < 1.29 is 27.1 Å². The first kappa shape index (κ1) is 18.3. The van der Waals surface area contributed by atoms with Crippen LogP contribution < -0.4 is 5.73 Å². The molecular formula is C16H16F4N4O2. The summed E-state index contributed by atoms with van der Waals surface area (Å²) in [6, 6.07) is 4.91. The minimum Gasteiger partial charge on any atom is -0.373 e. The molecule has 0 radical (unpaired) electrons. The van der Waals surface area contributed by atoms with E-state index in [-0.39, 0.29) is 31.9 Å². The van der Waals surface area contributed by atoms with Crippen LogP contribution in [-0.2, 0) is 10.9 Å². The van der Waals surface area contributed by atoms with Crippen molar-refractivity contribution in [2.75, 3.05) is 26.2 Å². The van der Waals surface area contributed by atoms with Gasteiger partial charge in [0.05, 0.1) is 24.5 Å². The molecule has 2 N–H and O–H groups in total. The molecule has 140 valence electrons. The molecule has 0 spiro atoms. The number of rotatable bonds is 3. The summed E-state index contributed by atoms with van der Waals surface area (Å²) < 4.78 is 60.6. The second-order valence-electron chi connectivity index (χ2n) is 5.75. The normalized spacial score (nSPS) is 18.2. The predicted octanol–water partition coefficient (Wildman–Crippen LogP) is 1.83. The molecule has 10 heteroatoms. The Labute approximate surface area is 146 Å². The molecule has 26 heavy (non-hydrogen) atoms. The summed E-state index contributed by atoms with van der Waals surface area (Å²) in [6.45, 7) is 0.538. The summed E-state index contributed by atoms with van der Waals surface area (Å²) >= 11 is 0. The zero-order valence-corrected chi connectivity index (χ0v) is 13.5. The Bertz CT molecular complexity index is 806. The second kappa shape index (κ2) is 7.04. The highest BCUT2D eigenvalue weighted by Crippen LogP contribution is 2.34. The fraction of sp³-hybridized carbons (Fsp3) is 0.375. The van der Waals surface area contributed by atoms with Crippen molar-refractivity contribution in [3.8, 4) is 5.69 Å². The number of halogens is 4. The zero-order chi connectivity index (χ0) is 18.9. The molecule has 3 rings (SSSR count). The monoisotopic (exact) mass is 372 g/mol. The van der Waals surface area contributed by atoms with Crippen LogP contribution in [0.2, 0.25) is 0 Å². The quantitative estimate of drug-likeness (QED) is 0.835. The Hall–Kier alpha value is -2.46. The number of morpholine rings is 1. The van der Waals surface area contributed by atoms with Gasteiger partial charge in [-0.3, -0.25) is 4.79 Å². The Morgan fingerprint density at radius 1 is 1.35 bits per heavy atom. The molecule has 1 fully saturated rings. The van der Waals surface area contributed by atoms with Crippen molar-refractivity contribution in [1.82, 2.24) is 14.7 Å². The molecule has 0 aliphatic carbocycles. The van der Waals surface area contributed by atoms with Crippen LogP contribution in [0.15, 0.2) is 30.5 Å². The minimum atomic E-state index is -4.90. The highest BCUT2D eigenvalue weighted by molar-refractivity contribution is 5.95. The van der Waals surface area contributed by atoms with E-state index in [0.717, 1.165) is 18.3 Å². The van der Waals surface area contributed by atoms with Gasteiger partial charge in [0.25, 0.3) is 5.91 Å². The number of hydrogen-bond donors (Lipinski definition) is 1. The van der Waals surface area contributed by atoms with Crippen LogP contribution in [-0.4, -0.2) is 52.9 Å². The highest BCUT2D eigenvalue weighted by atomic mass is 19.4. The van der Waals surface area contributed by atoms with Crippen LogP contribution in [0.5, 0.6) is 0 Å². The number of nitrogens with zero attached hydrogens (tertiary/aromatic N) is 3. The lowest BCUT2D eigenvalue weighted by Crippen LogP contribution is -2.48. The number of nitrogens with two attached hydrogens (primary N) is 1. The lowest BCUT2D eigenvalue weighted by atomic mass is 10.1. The van der Waals surface area contributed by atoms with Gasteiger partial charge < -0.3 is 15.4 Å². The summed E-state index contributed by atoms with van der Waals surface area (Å²) in [4.78, 5) is 13.9. The topological polar surface area (TPSA) is 73.4 Å². The van der Waals surface area contributed by atoms with Crippen LogP contribution in [0.3, 0.4) is 0 Å². The maximum atomic E-state index is 14.0. The standard InChI is InChI=1S/C16H16F4N4O2/c17-12-3-1-2-4-13(12)24-14(16(18,19)20)11(8-22-24)15(25)23-5-6-26-10(7-21)9-23/h1-4,8,10H,5-7,9,21H2. The lowest BCUT2D eigenvalue weighted by Gasteiger charge is -2.32. The predicted molar refractivity (Wildman–Crippen MR) is 83.2 cm³/mol. The van der Waals surface area contributed by atoms with Gasteiger partial charge in [0.15, 0.2) is 5.69 Å². The molecule has 1 saturated heterocycles. The Kier molecular flexibility index (Phi) is 4.97. The lowest BCUT2D eigenvalue weighted by molar-refractivity contribution is -0.143. The number of aromatic nitrogens is 2. The third-order valence-corrected chi connectivity index (χ3v) is 4.04. The number of para-hydroxylation sites is 1. The van der Waals surface area contributed by atoms with E-state index in [1.165, 1.54) is 17.0 Å². The SMILES string of the molecule is NCC1CN(C(=O)c2cnn(-c3ccccc3F)c2C(F)(F)F)CCO1. The van der Waals surface area contributed by atoms with Crippen LogP contribution in [0, 0.1) is 5.82 Å². The van der Waals surface area contributed by atoms with E-state index in [2.05, 4.69) is 5.10 Å². The average Bonchev–Trinajstić information content (AvgIpc) is 3.06. The molecule has 1 aromatic carbocycles. The maximum Gasteiger partial charge on any atom is 0.434 e. The molecule has 1 unspecified atom stereocenters. The third kappa shape index (κ3) is 3.42. The number of carbonyl (C=O) groups excluding carboxylic acids is 1. The van der Waals surface area contributed by atoms with Crippen molar-refractivity contribution in [3.63, 3.8) is 0 Å². The molecule has 1 amide bonds. The van der Waals surface area contributed by atoms with Crippen molar-refractivity contribution in [2.45, 2.75) is 12.3 Å². The van der Waals surface area contributed by atoms with Crippen molar-refractivity contribution in [1.29, 1.82) is 0 Å². The first-order chi connectivity index (χ1) is 12.3. The number of amides is 1. The molecule has 1 aliphatic heterocycles. The first-order valence-corrected chi connectivity index (χ1v) is 7.84. The zero-order valence-electron chi connectivity index (χ0n) is 13.5. The summed E-state index contributed by atoms with van der Waals surface area (Å²) in [7, 11) is 0. The van der Waals surface area contributed by atoms with Crippen LogP contribution in [0.1, 0.15) is 16.1 Å². The van der Waals surface area contributed by atoms with Gasteiger partial charge in [-0.25, -0.2) is 9.07 Å². The molecule has 2 aromatic rings. The summed E-state index contributed by atoms with van der Waals surface area (Å²) in [5.74, 6) is -1.73. The number of benzene rings is 1. The van der Waals surface area contributed by atoms with Gasteiger partial charge in [-0.15, -0.1) is 0 Å². The molecule has 0 bridgehead atoms. The van der Waals surface area contributed by atoms with Crippen LogP contribution in [0.4, 0.5) is 17.6 Å². The van der Waals surface area contributed by atoms with Gasteiger partial charge in [-0.1, -0.05) is 12.1 Å².